The van der Waals surface area contributed by atoms with Gasteiger partial charge in [-0.15, -0.1) is 0 Å². The summed E-state index contributed by atoms with van der Waals surface area (Å²) in [6.07, 6.45) is 1.35. The molecule has 1 rings (SSSR count). The Kier molecular flexibility index (Phi) is 4.58. The predicted molar refractivity (Wildman–Crippen MR) is 59.8 cm³/mol. The van der Waals surface area contributed by atoms with Gasteiger partial charge in [0.15, 0.2) is 0 Å². The van der Waals surface area contributed by atoms with Gasteiger partial charge in [0, 0.05) is 18.0 Å². The molecule has 0 saturated carbocycles. The second kappa shape index (κ2) is 5.74. The number of anilines is 1. The maximum Gasteiger partial charge on any atom is 0.0638 e. The van der Waals surface area contributed by atoms with E-state index in [-0.39, 0.29) is 0 Å². The number of unbranched alkanes of at least 4 members (excludes halogenated alkanes) is 1. The molecule has 0 bridgehead atoms. The van der Waals surface area contributed by atoms with Gasteiger partial charge >= 0.3 is 0 Å². The van der Waals surface area contributed by atoms with Crippen LogP contribution >= 0.6 is 23.2 Å². The highest BCUT2D eigenvalue weighted by Gasteiger charge is 1.99. The van der Waals surface area contributed by atoms with Crippen molar-refractivity contribution in [2.24, 2.45) is 0 Å². The molecule has 1 aromatic rings. The standard InChI is InChI=1S/C10H10Cl2N2/c11-8-3-4-9(12)10(7-8)14-6-2-1-5-13/h3-4,7,14H,1-2,6H2. The first-order chi connectivity index (χ1) is 6.74. The third kappa shape index (κ3) is 3.45. The minimum absolute atomic E-state index is 0.547. The van der Waals surface area contributed by atoms with E-state index < -0.39 is 0 Å². The van der Waals surface area contributed by atoms with Crippen molar-refractivity contribution in [2.45, 2.75) is 12.8 Å². The third-order valence-electron chi connectivity index (χ3n) is 1.71. The quantitative estimate of drug-likeness (QED) is 0.798. The third-order valence-corrected chi connectivity index (χ3v) is 2.27. The summed E-state index contributed by atoms with van der Waals surface area (Å²) < 4.78 is 0. The van der Waals surface area contributed by atoms with Crippen LogP contribution in [-0.4, -0.2) is 6.54 Å². The minimum Gasteiger partial charge on any atom is -0.384 e. The summed E-state index contributed by atoms with van der Waals surface area (Å²) in [4.78, 5) is 0. The molecule has 0 saturated heterocycles. The average molecular weight is 229 g/mol. The van der Waals surface area contributed by atoms with Gasteiger partial charge < -0.3 is 5.32 Å². The van der Waals surface area contributed by atoms with Crippen molar-refractivity contribution in [3.8, 4) is 6.07 Å². The number of nitrogens with one attached hydrogen (secondary N) is 1. The Balaban J connectivity index is 2.50. The number of rotatable bonds is 4. The molecule has 74 valence electrons. The molecule has 0 aliphatic rings. The van der Waals surface area contributed by atoms with E-state index in [1.54, 1.807) is 18.2 Å². The molecule has 0 radical (unpaired) electrons. The fraction of sp³-hybridized carbons (Fsp3) is 0.300. The van der Waals surface area contributed by atoms with Crippen LogP contribution in [-0.2, 0) is 0 Å². The molecule has 2 nitrogen and oxygen atoms in total. The molecule has 1 N–H and O–H groups in total. The molecule has 0 heterocycles. The van der Waals surface area contributed by atoms with Gasteiger partial charge in [0.2, 0.25) is 0 Å². The Labute approximate surface area is 93.4 Å². The van der Waals surface area contributed by atoms with Crippen LogP contribution in [0.5, 0.6) is 0 Å². The van der Waals surface area contributed by atoms with Gasteiger partial charge in [-0.2, -0.15) is 5.26 Å². The number of hydrogen-bond donors (Lipinski definition) is 1. The lowest BCUT2D eigenvalue weighted by Gasteiger charge is -2.07. The Hall–Kier alpha value is -0.910. The second-order valence-electron chi connectivity index (χ2n) is 2.81. The van der Waals surface area contributed by atoms with Crippen molar-refractivity contribution in [1.29, 1.82) is 5.26 Å². The number of hydrogen-bond acceptors (Lipinski definition) is 2. The molecule has 0 aliphatic carbocycles. The zero-order chi connectivity index (χ0) is 10.4. The first-order valence-corrected chi connectivity index (χ1v) is 5.05. The summed E-state index contributed by atoms with van der Waals surface area (Å²) in [6, 6.07) is 7.34. The van der Waals surface area contributed by atoms with Crippen molar-refractivity contribution in [3.63, 3.8) is 0 Å². The van der Waals surface area contributed by atoms with Crippen LogP contribution in [0.3, 0.4) is 0 Å². The molecule has 0 aromatic heterocycles. The predicted octanol–water partition coefficient (Wildman–Crippen LogP) is 3.71. The molecule has 14 heavy (non-hydrogen) atoms. The zero-order valence-electron chi connectivity index (χ0n) is 7.56. The molecule has 0 spiro atoms. The van der Waals surface area contributed by atoms with E-state index >= 15 is 0 Å². The fourth-order valence-corrected chi connectivity index (χ4v) is 1.38. The Morgan fingerprint density at radius 3 is 2.86 bits per heavy atom. The van der Waals surface area contributed by atoms with Crippen molar-refractivity contribution in [3.05, 3.63) is 28.2 Å². The highest BCUT2D eigenvalue weighted by atomic mass is 35.5. The van der Waals surface area contributed by atoms with Gasteiger partial charge in [-0.3, -0.25) is 0 Å². The lowest BCUT2D eigenvalue weighted by Crippen LogP contribution is -2.01. The van der Waals surface area contributed by atoms with E-state index in [9.17, 15) is 0 Å². The molecular formula is C10H10Cl2N2. The largest absolute Gasteiger partial charge is 0.384 e. The lowest BCUT2D eigenvalue weighted by atomic mass is 10.3. The fourth-order valence-electron chi connectivity index (χ4n) is 1.02. The number of nitriles is 1. The Morgan fingerprint density at radius 2 is 2.14 bits per heavy atom. The highest BCUT2D eigenvalue weighted by Crippen LogP contribution is 2.25. The summed E-state index contributed by atoms with van der Waals surface area (Å²) in [5, 5.41) is 12.8. The number of halogens is 2. The second-order valence-corrected chi connectivity index (χ2v) is 3.66. The lowest BCUT2D eigenvalue weighted by molar-refractivity contribution is 0.898. The van der Waals surface area contributed by atoms with E-state index in [4.69, 9.17) is 28.5 Å². The summed E-state index contributed by atoms with van der Waals surface area (Å²) in [7, 11) is 0. The van der Waals surface area contributed by atoms with Crippen LogP contribution in [0.25, 0.3) is 0 Å². The smallest absolute Gasteiger partial charge is 0.0638 e. The number of benzene rings is 1. The van der Waals surface area contributed by atoms with Crippen LogP contribution in [0, 0.1) is 11.3 Å². The van der Waals surface area contributed by atoms with Crippen LogP contribution in [0.1, 0.15) is 12.8 Å². The van der Waals surface area contributed by atoms with Gasteiger partial charge in [0.05, 0.1) is 16.8 Å². The minimum atomic E-state index is 0.547. The Bertz CT molecular complexity index is 344. The summed E-state index contributed by atoms with van der Waals surface area (Å²) >= 11 is 11.7. The maximum absolute atomic E-state index is 8.34. The van der Waals surface area contributed by atoms with Crippen LogP contribution in [0.15, 0.2) is 18.2 Å². The first-order valence-electron chi connectivity index (χ1n) is 4.30. The van der Waals surface area contributed by atoms with E-state index in [2.05, 4.69) is 11.4 Å². The molecular weight excluding hydrogens is 219 g/mol. The monoisotopic (exact) mass is 228 g/mol. The molecule has 1 aromatic carbocycles. The molecule has 0 atom stereocenters. The summed E-state index contributed by atoms with van der Waals surface area (Å²) in [6.45, 7) is 0.730. The summed E-state index contributed by atoms with van der Waals surface area (Å²) in [5.41, 5.74) is 0.817. The van der Waals surface area contributed by atoms with Crippen LogP contribution in [0.4, 0.5) is 5.69 Å². The van der Waals surface area contributed by atoms with E-state index in [0.717, 1.165) is 18.7 Å². The normalized spacial score (nSPS) is 9.50. The molecule has 0 fully saturated rings. The molecule has 0 amide bonds. The van der Waals surface area contributed by atoms with E-state index in [1.807, 2.05) is 0 Å². The zero-order valence-corrected chi connectivity index (χ0v) is 9.07. The average Bonchev–Trinajstić information content (AvgIpc) is 2.18. The first kappa shape index (κ1) is 11.2. The maximum atomic E-state index is 8.34. The van der Waals surface area contributed by atoms with Gasteiger partial charge in [-0.25, -0.2) is 0 Å². The van der Waals surface area contributed by atoms with Crippen molar-refractivity contribution in [1.82, 2.24) is 0 Å². The Morgan fingerprint density at radius 1 is 1.36 bits per heavy atom. The summed E-state index contributed by atoms with van der Waals surface area (Å²) in [5.74, 6) is 0. The van der Waals surface area contributed by atoms with Gasteiger partial charge in [0.1, 0.15) is 0 Å². The number of nitrogens with zero attached hydrogens (tertiary/aromatic N) is 1. The SMILES string of the molecule is N#CCCCNc1cc(Cl)ccc1Cl. The van der Waals surface area contributed by atoms with Crippen LogP contribution in [0.2, 0.25) is 10.0 Å². The van der Waals surface area contributed by atoms with Crippen LogP contribution < -0.4 is 5.32 Å². The molecule has 0 unspecified atom stereocenters. The highest BCUT2D eigenvalue weighted by molar-refractivity contribution is 6.35. The van der Waals surface area contributed by atoms with Gasteiger partial charge in [0.25, 0.3) is 0 Å². The van der Waals surface area contributed by atoms with Crippen molar-refractivity contribution < 1.29 is 0 Å². The van der Waals surface area contributed by atoms with Gasteiger partial charge in [-0.05, 0) is 24.6 Å². The van der Waals surface area contributed by atoms with Crippen molar-refractivity contribution in [2.75, 3.05) is 11.9 Å². The topological polar surface area (TPSA) is 35.8 Å². The van der Waals surface area contributed by atoms with E-state index in [1.165, 1.54) is 0 Å². The molecule has 0 aliphatic heterocycles. The van der Waals surface area contributed by atoms with Crippen molar-refractivity contribution >= 4 is 28.9 Å². The van der Waals surface area contributed by atoms with E-state index in [0.29, 0.717) is 16.5 Å². The van der Waals surface area contributed by atoms with Gasteiger partial charge in [-0.1, -0.05) is 23.2 Å². The molecule has 4 heteroatoms.